The molecule has 0 spiro atoms. The standard InChI is InChI=1S/C21H22ClN3/c1-15-5-3-6-16(13-15)18-14-23-21(25-11-9-24(2)10-12-25)20-17(18)7-4-8-19(20)22/h3-8,13-14H,9-12H2,1-2H3. The molecule has 3 nitrogen and oxygen atoms in total. The van der Waals surface area contributed by atoms with Gasteiger partial charge in [-0.15, -0.1) is 0 Å². The molecule has 0 N–H and O–H groups in total. The van der Waals surface area contributed by atoms with Gasteiger partial charge in [0.2, 0.25) is 0 Å². The molecule has 1 fully saturated rings. The Hall–Kier alpha value is -2.10. The number of aryl methyl sites for hydroxylation is 1. The van der Waals surface area contributed by atoms with Crippen LogP contribution in [0.15, 0.2) is 48.7 Å². The van der Waals surface area contributed by atoms with Gasteiger partial charge in [0, 0.05) is 43.3 Å². The predicted octanol–water partition coefficient (Wildman–Crippen LogP) is 4.62. The summed E-state index contributed by atoms with van der Waals surface area (Å²) in [6, 6.07) is 14.7. The second-order valence-corrected chi connectivity index (χ2v) is 7.22. The summed E-state index contributed by atoms with van der Waals surface area (Å²) >= 11 is 6.62. The van der Waals surface area contributed by atoms with Gasteiger partial charge >= 0.3 is 0 Å². The number of hydrogen-bond acceptors (Lipinski definition) is 3. The maximum Gasteiger partial charge on any atom is 0.138 e. The normalized spacial score (nSPS) is 15.7. The summed E-state index contributed by atoms with van der Waals surface area (Å²) in [7, 11) is 2.16. The third-order valence-corrected chi connectivity index (χ3v) is 5.29. The molecule has 1 aromatic heterocycles. The minimum atomic E-state index is 0.772. The molecule has 2 aromatic carbocycles. The van der Waals surface area contributed by atoms with E-state index in [9.17, 15) is 0 Å². The zero-order valence-electron chi connectivity index (χ0n) is 14.7. The number of anilines is 1. The summed E-state index contributed by atoms with van der Waals surface area (Å²) in [4.78, 5) is 9.55. The van der Waals surface area contributed by atoms with Crippen LogP contribution < -0.4 is 4.90 Å². The number of fused-ring (bicyclic) bond motifs is 1. The first-order chi connectivity index (χ1) is 12.1. The first-order valence-corrected chi connectivity index (χ1v) is 9.09. The number of rotatable bonds is 2. The molecule has 0 bridgehead atoms. The lowest BCUT2D eigenvalue weighted by Crippen LogP contribution is -2.44. The fourth-order valence-corrected chi connectivity index (χ4v) is 3.80. The molecule has 0 atom stereocenters. The Morgan fingerprint density at radius 2 is 1.76 bits per heavy atom. The molecule has 0 saturated carbocycles. The molecule has 128 valence electrons. The number of piperazine rings is 1. The van der Waals surface area contributed by atoms with Crippen LogP contribution in [0.3, 0.4) is 0 Å². The zero-order valence-corrected chi connectivity index (χ0v) is 15.4. The highest BCUT2D eigenvalue weighted by Gasteiger charge is 2.20. The Balaban J connectivity index is 1.89. The van der Waals surface area contributed by atoms with Crippen LogP contribution >= 0.6 is 11.6 Å². The van der Waals surface area contributed by atoms with Crippen molar-refractivity contribution < 1.29 is 0 Å². The third-order valence-electron chi connectivity index (χ3n) is 4.98. The lowest BCUT2D eigenvalue weighted by molar-refractivity contribution is 0.312. The number of halogens is 1. The molecule has 2 heterocycles. The summed E-state index contributed by atoms with van der Waals surface area (Å²) in [5, 5.41) is 3.00. The molecule has 4 heteroatoms. The van der Waals surface area contributed by atoms with Crippen molar-refractivity contribution in [2.24, 2.45) is 0 Å². The SMILES string of the molecule is Cc1cccc(-c2cnc(N3CCN(C)CC3)c3c(Cl)cccc23)c1. The topological polar surface area (TPSA) is 19.4 Å². The summed E-state index contributed by atoms with van der Waals surface area (Å²) in [5.74, 6) is 1.00. The minimum absolute atomic E-state index is 0.772. The van der Waals surface area contributed by atoms with Gasteiger partial charge in [-0.05, 0) is 31.0 Å². The highest BCUT2D eigenvalue weighted by Crippen LogP contribution is 2.37. The Labute approximate surface area is 153 Å². The summed E-state index contributed by atoms with van der Waals surface area (Å²) in [5.41, 5.74) is 3.57. The van der Waals surface area contributed by atoms with E-state index in [-0.39, 0.29) is 0 Å². The quantitative estimate of drug-likeness (QED) is 0.671. The smallest absolute Gasteiger partial charge is 0.138 e. The van der Waals surface area contributed by atoms with Crippen molar-refractivity contribution in [2.45, 2.75) is 6.92 Å². The van der Waals surface area contributed by atoms with Crippen molar-refractivity contribution in [3.8, 4) is 11.1 Å². The van der Waals surface area contributed by atoms with Crippen LogP contribution in [0.5, 0.6) is 0 Å². The Morgan fingerprint density at radius 3 is 2.52 bits per heavy atom. The number of hydrogen-bond donors (Lipinski definition) is 0. The molecular formula is C21H22ClN3. The molecule has 1 aliphatic rings. The lowest BCUT2D eigenvalue weighted by atomic mass is 9.99. The molecule has 1 aliphatic heterocycles. The van der Waals surface area contributed by atoms with Gasteiger partial charge in [-0.2, -0.15) is 0 Å². The van der Waals surface area contributed by atoms with Gasteiger partial charge in [-0.3, -0.25) is 0 Å². The van der Waals surface area contributed by atoms with E-state index in [2.05, 4.69) is 54.1 Å². The molecule has 0 amide bonds. The van der Waals surface area contributed by atoms with E-state index < -0.39 is 0 Å². The Morgan fingerprint density at radius 1 is 1.00 bits per heavy atom. The fraction of sp³-hybridized carbons (Fsp3) is 0.286. The number of likely N-dealkylation sites (N-methyl/N-ethyl adjacent to an activating group) is 1. The van der Waals surface area contributed by atoms with Gasteiger partial charge in [0.25, 0.3) is 0 Å². The molecule has 4 rings (SSSR count). The van der Waals surface area contributed by atoms with E-state index in [0.717, 1.165) is 48.0 Å². The van der Waals surface area contributed by atoms with E-state index in [1.807, 2.05) is 18.3 Å². The number of pyridine rings is 1. The minimum Gasteiger partial charge on any atom is -0.353 e. The van der Waals surface area contributed by atoms with Gasteiger partial charge in [-0.25, -0.2) is 4.98 Å². The fourth-order valence-electron chi connectivity index (χ4n) is 3.54. The number of aromatic nitrogens is 1. The predicted molar refractivity (Wildman–Crippen MR) is 107 cm³/mol. The molecule has 3 aromatic rings. The van der Waals surface area contributed by atoms with E-state index in [0.29, 0.717) is 0 Å². The molecular weight excluding hydrogens is 330 g/mol. The zero-order chi connectivity index (χ0) is 17.4. The largest absolute Gasteiger partial charge is 0.353 e. The van der Waals surface area contributed by atoms with Crippen LogP contribution in [0.4, 0.5) is 5.82 Å². The average molecular weight is 352 g/mol. The van der Waals surface area contributed by atoms with Crippen molar-refractivity contribution in [1.29, 1.82) is 0 Å². The van der Waals surface area contributed by atoms with Crippen molar-refractivity contribution in [3.05, 3.63) is 59.2 Å². The van der Waals surface area contributed by atoms with E-state index in [1.54, 1.807) is 0 Å². The maximum atomic E-state index is 6.62. The molecule has 0 radical (unpaired) electrons. The van der Waals surface area contributed by atoms with Gasteiger partial charge < -0.3 is 9.80 Å². The third kappa shape index (κ3) is 3.10. The van der Waals surface area contributed by atoms with Crippen molar-refractivity contribution in [3.63, 3.8) is 0 Å². The first kappa shape index (κ1) is 16.4. The van der Waals surface area contributed by atoms with Crippen LogP contribution in [0.2, 0.25) is 5.02 Å². The van der Waals surface area contributed by atoms with Crippen molar-refractivity contribution >= 4 is 28.2 Å². The molecule has 0 aliphatic carbocycles. The van der Waals surface area contributed by atoms with Crippen LogP contribution in [0.25, 0.3) is 21.9 Å². The molecule has 25 heavy (non-hydrogen) atoms. The highest BCUT2D eigenvalue weighted by molar-refractivity contribution is 6.37. The number of benzene rings is 2. The summed E-state index contributed by atoms with van der Waals surface area (Å²) in [6.07, 6.45) is 2.00. The Bertz CT molecular complexity index is 914. The number of nitrogens with zero attached hydrogens (tertiary/aromatic N) is 3. The Kier molecular flexibility index (Phi) is 4.36. The summed E-state index contributed by atoms with van der Waals surface area (Å²) in [6.45, 7) is 6.17. The average Bonchev–Trinajstić information content (AvgIpc) is 2.62. The van der Waals surface area contributed by atoms with Gasteiger partial charge in [0.1, 0.15) is 5.82 Å². The summed E-state index contributed by atoms with van der Waals surface area (Å²) < 4.78 is 0. The van der Waals surface area contributed by atoms with Crippen molar-refractivity contribution in [1.82, 2.24) is 9.88 Å². The monoisotopic (exact) mass is 351 g/mol. The second kappa shape index (κ2) is 6.66. The molecule has 0 unspecified atom stereocenters. The van der Waals surface area contributed by atoms with Crippen LogP contribution in [0.1, 0.15) is 5.56 Å². The van der Waals surface area contributed by atoms with Gasteiger partial charge in [-0.1, -0.05) is 53.6 Å². The van der Waals surface area contributed by atoms with Gasteiger partial charge in [0.15, 0.2) is 0 Å². The van der Waals surface area contributed by atoms with Gasteiger partial charge in [0.05, 0.1) is 5.02 Å². The first-order valence-electron chi connectivity index (χ1n) is 8.71. The van der Waals surface area contributed by atoms with E-state index >= 15 is 0 Å². The second-order valence-electron chi connectivity index (χ2n) is 6.82. The lowest BCUT2D eigenvalue weighted by Gasteiger charge is -2.34. The maximum absolute atomic E-state index is 6.62. The van der Waals surface area contributed by atoms with Crippen molar-refractivity contribution in [2.75, 3.05) is 38.1 Å². The van der Waals surface area contributed by atoms with E-state index in [4.69, 9.17) is 16.6 Å². The van der Waals surface area contributed by atoms with Crippen LogP contribution in [-0.4, -0.2) is 43.1 Å². The van der Waals surface area contributed by atoms with Crippen LogP contribution in [0, 0.1) is 6.92 Å². The van der Waals surface area contributed by atoms with Crippen LogP contribution in [-0.2, 0) is 0 Å². The molecule has 1 saturated heterocycles. The highest BCUT2D eigenvalue weighted by atomic mass is 35.5. The van der Waals surface area contributed by atoms with E-state index in [1.165, 1.54) is 16.5 Å².